The molecule has 4 aromatic rings. The van der Waals surface area contributed by atoms with Crippen molar-refractivity contribution >= 4 is 17.2 Å². The maximum absolute atomic E-state index is 12.8. The van der Waals surface area contributed by atoms with Gasteiger partial charge in [-0.3, -0.25) is 9.78 Å². The molecule has 2 aromatic carbocycles. The number of alkyl halides is 3. The maximum Gasteiger partial charge on any atom is 0.416 e. The zero-order chi connectivity index (χ0) is 23.3. The first-order valence-electron chi connectivity index (χ1n) is 9.90. The molecular formula is C24H18F3N3O2S. The van der Waals surface area contributed by atoms with E-state index in [-0.39, 0.29) is 12.5 Å². The highest BCUT2D eigenvalue weighted by molar-refractivity contribution is 7.13. The third kappa shape index (κ3) is 5.95. The number of amides is 1. The summed E-state index contributed by atoms with van der Waals surface area (Å²) in [6, 6.07) is 15.7. The Morgan fingerprint density at radius 1 is 1.00 bits per heavy atom. The summed E-state index contributed by atoms with van der Waals surface area (Å²) in [7, 11) is 0. The SMILES string of the molecule is O=C(NCc1ccncc1)c1csc(-c2ccc(OCc3cccc(C(F)(F)F)c3)cc2)n1. The normalized spacial score (nSPS) is 11.2. The van der Waals surface area contributed by atoms with E-state index in [1.54, 1.807) is 48.1 Å². The Labute approximate surface area is 191 Å². The third-order valence-corrected chi connectivity index (χ3v) is 5.59. The molecular weight excluding hydrogens is 451 g/mol. The van der Waals surface area contributed by atoms with E-state index in [2.05, 4.69) is 15.3 Å². The summed E-state index contributed by atoms with van der Waals surface area (Å²) in [6.07, 6.45) is -1.06. The van der Waals surface area contributed by atoms with Crippen LogP contribution in [0.25, 0.3) is 10.6 Å². The van der Waals surface area contributed by atoms with Crippen molar-refractivity contribution < 1.29 is 22.7 Å². The molecule has 0 unspecified atom stereocenters. The predicted molar refractivity (Wildman–Crippen MR) is 119 cm³/mol. The Morgan fingerprint density at radius 2 is 1.76 bits per heavy atom. The smallest absolute Gasteiger partial charge is 0.416 e. The number of carbonyl (C=O) groups excluding carboxylic acids is 1. The van der Waals surface area contributed by atoms with Crippen molar-refractivity contribution in [3.63, 3.8) is 0 Å². The molecule has 9 heteroatoms. The molecule has 5 nitrogen and oxygen atoms in total. The number of ether oxygens (including phenoxy) is 1. The second-order valence-corrected chi connectivity index (χ2v) is 7.95. The minimum Gasteiger partial charge on any atom is -0.489 e. The molecule has 0 bridgehead atoms. The molecule has 0 atom stereocenters. The van der Waals surface area contributed by atoms with Crippen LogP contribution in [0, 0.1) is 0 Å². The van der Waals surface area contributed by atoms with E-state index in [0.717, 1.165) is 23.3 Å². The van der Waals surface area contributed by atoms with Crippen LogP contribution in [0.2, 0.25) is 0 Å². The van der Waals surface area contributed by atoms with E-state index in [1.807, 2.05) is 12.1 Å². The largest absolute Gasteiger partial charge is 0.489 e. The highest BCUT2D eigenvalue weighted by Gasteiger charge is 2.30. The summed E-state index contributed by atoms with van der Waals surface area (Å²) in [6.45, 7) is 0.397. The van der Waals surface area contributed by atoms with Gasteiger partial charge in [0.05, 0.1) is 5.56 Å². The predicted octanol–water partition coefficient (Wildman–Crippen LogP) is 5.73. The summed E-state index contributed by atoms with van der Waals surface area (Å²) in [5.41, 5.74) is 1.79. The number of aromatic nitrogens is 2. The number of benzene rings is 2. The van der Waals surface area contributed by atoms with Gasteiger partial charge in [-0.05, 0) is 59.7 Å². The fraction of sp³-hybridized carbons (Fsp3) is 0.125. The van der Waals surface area contributed by atoms with Gasteiger partial charge in [0, 0.05) is 29.9 Å². The fourth-order valence-corrected chi connectivity index (χ4v) is 3.79. The lowest BCUT2D eigenvalue weighted by Crippen LogP contribution is -2.23. The lowest BCUT2D eigenvalue weighted by atomic mass is 10.1. The Hall–Kier alpha value is -3.72. The quantitative estimate of drug-likeness (QED) is 0.375. The number of nitrogens with one attached hydrogen (secondary N) is 1. The van der Waals surface area contributed by atoms with Crippen molar-refractivity contribution in [2.45, 2.75) is 19.3 Å². The highest BCUT2D eigenvalue weighted by atomic mass is 32.1. The van der Waals surface area contributed by atoms with Crippen LogP contribution in [-0.4, -0.2) is 15.9 Å². The van der Waals surface area contributed by atoms with Crippen molar-refractivity contribution in [3.05, 3.63) is 101 Å². The van der Waals surface area contributed by atoms with Gasteiger partial charge in [-0.15, -0.1) is 11.3 Å². The number of carbonyl (C=O) groups is 1. The van der Waals surface area contributed by atoms with E-state index in [9.17, 15) is 18.0 Å². The van der Waals surface area contributed by atoms with Gasteiger partial charge in [0.1, 0.15) is 23.1 Å². The van der Waals surface area contributed by atoms with Gasteiger partial charge in [0.15, 0.2) is 0 Å². The number of pyridine rings is 1. The summed E-state index contributed by atoms with van der Waals surface area (Å²) in [5, 5.41) is 5.19. The van der Waals surface area contributed by atoms with Gasteiger partial charge in [-0.2, -0.15) is 13.2 Å². The van der Waals surface area contributed by atoms with E-state index in [0.29, 0.717) is 28.6 Å². The summed E-state index contributed by atoms with van der Waals surface area (Å²) in [5.74, 6) is 0.249. The van der Waals surface area contributed by atoms with Gasteiger partial charge in [0.25, 0.3) is 5.91 Å². The summed E-state index contributed by atoms with van der Waals surface area (Å²) < 4.78 is 44.1. The van der Waals surface area contributed by atoms with Crippen LogP contribution in [-0.2, 0) is 19.3 Å². The third-order valence-electron chi connectivity index (χ3n) is 4.70. The maximum atomic E-state index is 12.8. The first kappa shape index (κ1) is 22.5. The molecule has 0 aliphatic rings. The van der Waals surface area contributed by atoms with E-state index in [4.69, 9.17) is 4.74 Å². The molecule has 168 valence electrons. The molecule has 2 heterocycles. The van der Waals surface area contributed by atoms with Crippen LogP contribution in [0.1, 0.15) is 27.2 Å². The zero-order valence-corrected chi connectivity index (χ0v) is 18.0. The molecule has 0 aliphatic heterocycles. The molecule has 2 aromatic heterocycles. The first-order valence-corrected chi connectivity index (χ1v) is 10.8. The number of thiazole rings is 1. The zero-order valence-electron chi connectivity index (χ0n) is 17.2. The van der Waals surface area contributed by atoms with Gasteiger partial charge in [-0.1, -0.05) is 12.1 Å². The van der Waals surface area contributed by atoms with Crippen LogP contribution in [0.3, 0.4) is 0 Å². The number of hydrogen-bond acceptors (Lipinski definition) is 5. The number of nitrogens with zero attached hydrogens (tertiary/aromatic N) is 2. The molecule has 1 N–H and O–H groups in total. The molecule has 0 radical (unpaired) electrons. The minimum absolute atomic E-state index is 0.0162. The summed E-state index contributed by atoms with van der Waals surface area (Å²) >= 11 is 1.34. The topological polar surface area (TPSA) is 64.1 Å². The van der Waals surface area contributed by atoms with Gasteiger partial charge < -0.3 is 10.1 Å². The van der Waals surface area contributed by atoms with Crippen LogP contribution in [0.4, 0.5) is 13.2 Å². The Bertz CT molecular complexity index is 1230. The molecule has 0 spiro atoms. The molecule has 1 amide bonds. The monoisotopic (exact) mass is 469 g/mol. The van der Waals surface area contributed by atoms with Crippen LogP contribution >= 0.6 is 11.3 Å². The van der Waals surface area contributed by atoms with Gasteiger partial charge >= 0.3 is 6.18 Å². The van der Waals surface area contributed by atoms with Crippen molar-refractivity contribution in [2.24, 2.45) is 0 Å². The fourth-order valence-electron chi connectivity index (χ4n) is 2.98. The molecule has 0 aliphatic carbocycles. The molecule has 0 fully saturated rings. The Morgan fingerprint density at radius 3 is 2.48 bits per heavy atom. The highest BCUT2D eigenvalue weighted by Crippen LogP contribution is 2.30. The average molecular weight is 469 g/mol. The summed E-state index contributed by atoms with van der Waals surface area (Å²) in [4.78, 5) is 20.7. The number of hydrogen-bond donors (Lipinski definition) is 1. The molecule has 33 heavy (non-hydrogen) atoms. The number of rotatable bonds is 7. The second-order valence-electron chi connectivity index (χ2n) is 7.09. The van der Waals surface area contributed by atoms with Crippen molar-refractivity contribution in [1.82, 2.24) is 15.3 Å². The lowest BCUT2D eigenvalue weighted by Gasteiger charge is -2.10. The molecule has 4 rings (SSSR count). The van der Waals surface area contributed by atoms with E-state index < -0.39 is 11.7 Å². The second kappa shape index (κ2) is 9.83. The standard InChI is InChI=1S/C24H18F3N3O2S/c25-24(26,27)19-3-1-2-17(12-19)14-32-20-6-4-18(5-7-20)23-30-21(15-33-23)22(31)29-13-16-8-10-28-11-9-16/h1-12,15H,13-14H2,(H,29,31). The average Bonchev–Trinajstić information content (AvgIpc) is 3.32. The van der Waals surface area contributed by atoms with Crippen LogP contribution < -0.4 is 10.1 Å². The molecule has 0 saturated heterocycles. The van der Waals surface area contributed by atoms with Gasteiger partial charge in [-0.25, -0.2) is 4.98 Å². The van der Waals surface area contributed by atoms with Crippen molar-refractivity contribution in [3.8, 4) is 16.3 Å². The first-order chi connectivity index (χ1) is 15.9. The van der Waals surface area contributed by atoms with E-state index >= 15 is 0 Å². The van der Waals surface area contributed by atoms with Crippen molar-refractivity contribution in [2.75, 3.05) is 0 Å². The van der Waals surface area contributed by atoms with E-state index in [1.165, 1.54) is 17.4 Å². The van der Waals surface area contributed by atoms with Gasteiger partial charge in [0.2, 0.25) is 0 Å². The van der Waals surface area contributed by atoms with Crippen molar-refractivity contribution in [1.29, 1.82) is 0 Å². The minimum atomic E-state index is -4.39. The Balaban J connectivity index is 1.35. The Kier molecular flexibility index (Phi) is 6.69. The lowest BCUT2D eigenvalue weighted by molar-refractivity contribution is -0.137. The number of halogens is 3. The van der Waals surface area contributed by atoms with Crippen LogP contribution in [0.15, 0.2) is 78.4 Å². The van der Waals surface area contributed by atoms with Crippen LogP contribution in [0.5, 0.6) is 5.75 Å². The molecule has 0 saturated carbocycles.